The van der Waals surface area contributed by atoms with Crippen LogP contribution in [0.4, 0.5) is 0 Å². The quantitative estimate of drug-likeness (QED) is 0.389. The first-order valence-corrected chi connectivity index (χ1v) is 12.4. The number of carbonyl (C=O) groups excluding carboxylic acids is 1. The zero-order valence-corrected chi connectivity index (χ0v) is 20.2. The number of fused-ring (bicyclic) bond motifs is 1. The molecule has 11 heteroatoms. The Hall–Kier alpha value is -3.83. The molecule has 0 bridgehead atoms. The molecule has 0 saturated heterocycles. The van der Waals surface area contributed by atoms with Crippen molar-refractivity contribution in [3.8, 4) is 23.0 Å². The molecule has 0 N–H and O–H groups in total. The van der Waals surface area contributed by atoms with Crippen LogP contribution in [-0.4, -0.2) is 52.3 Å². The van der Waals surface area contributed by atoms with Crippen LogP contribution in [-0.2, 0) is 34.8 Å². The lowest BCUT2D eigenvalue weighted by atomic mass is 10.1. The molecule has 10 nitrogen and oxygen atoms in total. The number of sulfonamides is 1. The summed E-state index contributed by atoms with van der Waals surface area (Å²) in [5.74, 6) is -0.142. The topological polar surface area (TPSA) is 120 Å². The predicted molar refractivity (Wildman–Crippen MR) is 126 cm³/mol. The van der Waals surface area contributed by atoms with Crippen molar-refractivity contribution in [2.75, 3.05) is 13.7 Å². The number of aryl methyl sites for hydroxylation is 2. The van der Waals surface area contributed by atoms with Crippen molar-refractivity contribution >= 4 is 16.0 Å². The lowest BCUT2D eigenvalue weighted by molar-refractivity contribution is 0.0596. The lowest BCUT2D eigenvalue weighted by Crippen LogP contribution is -2.37. The maximum Gasteiger partial charge on any atom is 0.339 e. The minimum Gasteiger partial charge on any atom is -0.465 e. The van der Waals surface area contributed by atoms with Crippen LogP contribution in [0.1, 0.15) is 27.2 Å². The van der Waals surface area contributed by atoms with Crippen LogP contribution in [0.5, 0.6) is 0 Å². The van der Waals surface area contributed by atoms with Gasteiger partial charge in [0, 0.05) is 43.4 Å². The SMILES string of the molecule is COC(=O)c1ccccc1S(=O)(=O)N1CCc2c(c(-c3nnc(-c4ccc(C)cc4)o3)nn2C)C1. The molecule has 2 aromatic carbocycles. The number of hydrogen-bond acceptors (Lipinski definition) is 8. The van der Waals surface area contributed by atoms with Crippen molar-refractivity contribution in [3.63, 3.8) is 0 Å². The fourth-order valence-electron chi connectivity index (χ4n) is 4.19. The van der Waals surface area contributed by atoms with Gasteiger partial charge in [-0.2, -0.15) is 9.40 Å². The van der Waals surface area contributed by atoms with Crippen LogP contribution in [0.15, 0.2) is 57.8 Å². The van der Waals surface area contributed by atoms with Crippen LogP contribution >= 0.6 is 0 Å². The Morgan fingerprint density at radius 2 is 1.77 bits per heavy atom. The minimum atomic E-state index is -3.99. The van der Waals surface area contributed by atoms with Gasteiger partial charge in [-0.25, -0.2) is 13.2 Å². The summed E-state index contributed by atoms with van der Waals surface area (Å²) in [5.41, 5.74) is 3.91. The molecule has 0 radical (unpaired) electrons. The Balaban J connectivity index is 1.50. The number of carbonyl (C=O) groups is 1. The van der Waals surface area contributed by atoms with E-state index in [0.29, 0.717) is 23.6 Å². The van der Waals surface area contributed by atoms with Gasteiger partial charge in [0.05, 0.1) is 17.6 Å². The van der Waals surface area contributed by atoms with Gasteiger partial charge < -0.3 is 9.15 Å². The maximum atomic E-state index is 13.5. The summed E-state index contributed by atoms with van der Waals surface area (Å²) in [6, 6.07) is 13.7. The van der Waals surface area contributed by atoms with E-state index in [2.05, 4.69) is 15.3 Å². The number of benzene rings is 2. The Labute approximate surface area is 202 Å². The number of nitrogens with zero attached hydrogens (tertiary/aromatic N) is 5. The Bertz CT molecular complexity index is 1520. The average Bonchev–Trinajstić information content (AvgIpc) is 3.48. The molecule has 0 unspecified atom stereocenters. The smallest absolute Gasteiger partial charge is 0.339 e. The van der Waals surface area contributed by atoms with Crippen LogP contribution in [0, 0.1) is 6.92 Å². The number of aromatic nitrogens is 4. The predicted octanol–water partition coefficient (Wildman–Crippen LogP) is 2.98. The average molecular weight is 494 g/mol. The molecule has 1 aliphatic heterocycles. The summed E-state index contributed by atoms with van der Waals surface area (Å²) in [6.45, 7) is 2.29. The van der Waals surface area contributed by atoms with E-state index in [1.807, 2.05) is 31.2 Å². The van der Waals surface area contributed by atoms with E-state index in [-0.39, 0.29) is 29.4 Å². The van der Waals surface area contributed by atoms with Gasteiger partial charge in [0.1, 0.15) is 0 Å². The molecule has 0 atom stereocenters. The van der Waals surface area contributed by atoms with E-state index in [1.165, 1.54) is 23.5 Å². The van der Waals surface area contributed by atoms with Crippen LogP contribution in [0.3, 0.4) is 0 Å². The van der Waals surface area contributed by atoms with Crippen molar-refractivity contribution in [1.29, 1.82) is 0 Å². The highest BCUT2D eigenvalue weighted by Gasteiger charge is 2.35. The maximum absolute atomic E-state index is 13.5. The highest BCUT2D eigenvalue weighted by Crippen LogP contribution is 2.33. The second-order valence-corrected chi connectivity index (χ2v) is 10.2. The van der Waals surface area contributed by atoms with Gasteiger partial charge in [-0.1, -0.05) is 29.8 Å². The molecular weight excluding hydrogens is 470 g/mol. The molecule has 0 spiro atoms. The summed E-state index contributed by atoms with van der Waals surface area (Å²) < 4.78 is 40.8. The van der Waals surface area contributed by atoms with Crippen LogP contribution in [0.2, 0.25) is 0 Å². The molecule has 3 heterocycles. The first-order valence-electron chi connectivity index (χ1n) is 10.9. The van der Waals surface area contributed by atoms with Gasteiger partial charge in [-0.3, -0.25) is 4.68 Å². The van der Waals surface area contributed by atoms with Gasteiger partial charge >= 0.3 is 5.97 Å². The van der Waals surface area contributed by atoms with Gasteiger partial charge in [0.25, 0.3) is 5.89 Å². The summed E-state index contributed by atoms with van der Waals surface area (Å²) in [7, 11) is -0.973. The van der Waals surface area contributed by atoms with E-state index in [9.17, 15) is 13.2 Å². The van der Waals surface area contributed by atoms with Gasteiger partial charge in [-0.15, -0.1) is 10.2 Å². The lowest BCUT2D eigenvalue weighted by Gasteiger charge is -2.27. The Morgan fingerprint density at radius 1 is 1.06 bits per heavy atom. The van der Waals surface area contributed by atoms with Crippen molar-refractivity contribution < 1.29 is 22.4 Å². The first kappa shape index (κ1) is 22.9. The minimum absolute atomic E-state index is 0.00755. The van der Waals surface area contributed by atoms with E-state index < -0.39 is 16.0 Å². The summed E-state index contributed by atoms with van der Waals surface area (Å²) in [6.07, 6.45) is 0.442. The summed E-state index contributed by atoms with van der Waals surface area (Å²) in [4.78, 5) is 12.1. The van der Waals surface area contributed by atoms with E-state index in [1.54, 1.807) is 23.9 Å². The second-order valence-electron chi connectivity index (χ2n) is 8.25. The fraction of sp³-hybridized carbons (Fsp3) is 0.250. The third kappa shape index (κ3) is 4.02. The Kier molecular flexibility index (Phi) is 5.73. The number of hydrogen-bond donors (Lipinski definition) is 0. The molecule has 0 fully saturated rings. The normalized spacial score (nSPS) is 14.0. The molecule has 5 rings (SSSR count). The zero-order chi connectivity index (χ0) is 24.7. The standard InChI is InChI=1S/C24H23N5O5S/c1-15-8-10-16(11-9-15)22-25-26-23(34-22)21-18-14-29(13-12-19(18)28(2)27-21)35(31,32)20-7-5-4-6-17(20)24(30)33-3/h4-11H,12-14H2,1-3H3. The zero-order valence-electron chi connectivity index (χ0n) is 19.4. The van der Waals surface area contributed by atoms with Crippen molar-refractivity contribution in [2.45, 2.75) is 24.8 Å². The van der Waals surface area contributed by atoms with E-state index in [0.717, 1.165) is 16.8 Å². The molecule has 35 heavy (non-hydrogen) atoms. The second kappa shape index (κ2) is 8.75. The molecule has 0 aliphatic carbocycles. The van der Waals surface area contributed by atoms with Gasteiger partial charge in [0.2, 0.25) is 15.9 Å². The third-order valence-corrected chi connectivity index (χ3v) is 7.95. The molecular formula is C24H23N5O5S. The number of rotatable bonds is 5. The first-order chi connectivity index (χ1) is 16.8. The van der Waals surface area contributed by atoms with Crippen LogP contribution in [0.25, 0.3) is 23.0 Å². The molecule has 0 saturated carbocycles. The van der Waals surface area contributed by atoms with E-state index >= 15 is 0 Å². The summed E-state index contributed by atoms with van der Waals surface area (Å²) in [5, 5.41) is 12.9. The molecule has 4 aromatic rings. The number of esters is 1. The largest absolute Gasteiger partial charge is 0.465 e. The van der Waals surface area contributed by atoms with Crippen LogP contribution < -0.4 is 0 Å². The van der Waals surface area contributed by atoms with Crippen molar-refractivity contribution in [3.05, 3.63) is 70.9 Å². The van der Waals surface area contributed by atoms with Gasteiger partial charge in [-0.05, 0) is 31.2 Å². The third-order valence-electron chi connectivity index (χ3n) is 6.04. The summed E-state index contributed by atoms with van der Waals surface area (Å²) >= 11 is 0. The van der Waals surface area contributed by atoms with Crippen molar-refractivity contribution in [2.24, 2.45) is 7.05 Å². The van der Waals surface area contributed by atoms with E-state index in [4.69, 9.17) is 9.15 Å². The number of methoxy groups -OCH3 is 1. The highest BCUT2D eigenvalue weighted by molar-refractivity contribution is 7.89. The molecule has 180 valence electrons. The molecule has 2 aromatic heterocycles. The highest BCUT2D eigenvalue weighted by atomic mass is 32.2. The molecule has 0 amide bonds. The Morgan fingerprint density at radius 3 is 2.51 bits per heavy atom. The fourth-order valence-corrected chi connectivity index (χ4v) is 5.77. The molecule has 1 aliphatic rings. The van der Waals surface area contributed by atoms with Crippen molar-refractivity contribution in [1.82, 2.24) is 24.3 Å². The van der Waals surface area contributed by atoms with Gasteiger partial charge in [0.15, 0.2) is 5.69 Å². The number of ether oxygens (including phenoxy) is 1. The monoisotopic (exact) mass is 493 g/mol.